The summed E-state index contributed by atoms with van der Waals surface area (Å²) in [6, 6.07) is 10.1. The van der Waals surface area contributed by atoms with E-state index in [4.69, 9.17) is 12.2 Å². The molecule has 0 saturated heterocycles. The zero-order chi connectivity index (χ0) is 15.5. The Labute approximate surface area is 134 Å². The van der Waals surface area contributed by atoms with Gasteiger partial charge in [0.1, 0.15) is 5.69 Å². The summed E-state index contributed by atoms with van der Waals surface area (Å²) in [6.07, 6.45) is 0. The van der Waals surface area contributed by atoms with Gasteiger partial charge >= 0.3 is 0 Å². The molecule has 1 aliphatic rings. The molecule has 2 N–H and O–H groups in total. The summed E-state index contributed by atoms with van der Waals surface area (Å²) in [4.78, 5) is 13.4. The van der Waals surface area contributed by atoms with E-state index >= 15 is 0 Å². The molecule has 0 radical (unpaired) electrons. The monoisotopic (exact) mass is 308 g/mol. The average molecular weight is 308 g/mol. The molecule has 0 spiro atoms. The van der Waals surface area contributed by atoms with Crippen LogP contribution in [0.5, 0.6) is 0 Å². The van der Waals surface area contributed by atoms with Gasteiger partial charge in [-0.3, -0.25) is 0 Å². The predicted octanol–water partition coefficient (Wildman–Crippen LogP) is 3.96. The number of benzene rings is 1. The lowest BCUT2D eigenvalue weighted by Crippen LogP contribution is -2.25. The summed E-state index contributed by atoms with van der Waals surface area (Å²) >= 11 is 5.44. The van der Waals surface area contributed by atoms with Gasteiger partial charge in [-0.2, -0.15) is 0 Å². The maximum atomic E-state index is 5.44. The van der Waals surface area contributed by atoms with Crippen LogP contribution >= 0.6 is 12.2 Å². The normalized spacial score (nSPS) is 15.9. The molecule has 4 nitrogen and oxygen atoms in total. The first-order valence-corrected chi connectivity index (χ1v) is 7.66. The summed E-state index contributed by atoms with van der Waals surface area (Å²) in [6.45, 7) is 6.26. The molecule has 1 aromatic carbocycles. The van der Waals surface area contributed by atoms with Crippen molar-refractivity contribution < 1.29 is 0 Å². The van der Waals surface area contributed by atoms with Crippen LogP contribution in [0.3, 0.4) is 0 Å². The number of H-pyrrole nitrogens is 1. The highest BCUT2D eigenvalue weighted by molar-refractivity contribution is 7.80. The maximum absolute atomic E-state index is 5.44. The van der Waals surface area contributed by atoms with Gasteiger partial charge in [-0.25, -0.2) is 9.97 Å². The molecular weight excluding hydrogens is 292 g/mol. The number of aryl methyl sites for hydroxylation is 1. The van der Waals surface area contributed by atoms with Gasteiger partial charge in [-0.15, -0.1) is 0 Å². The van der Waals surface area contributed by atoms with Crippen molar-refractivity contribution in [1.29, 1.82) is 0 Å². The number of nitrogens with one attached hydrogen (secondary N) is 2. The number of thiocarbonyl (C=S) groups is 1. The fourth-order valence-electron chi connectivity index (χ4n) is 2.87. The molecular formula is C17H16N4S. The zero-order valence-electron chi connectivity index (χ0n) is 12.7. The SMILES string of the molecule is Cc1cccc(-c2nc3cc4c(cc3[nH]2)C(C)(C)C(=S)N4)n1. The van der Waals surface area contributed by atoms with E-state index in [1.54, 1.807) is 0 Å². The first kappa shape index (κ1) is 13.4. The van der Waals surface area contributed by atoms with Crippen molar-refractivity contribution in [3.8, 4) is 11.5 Å². The Morgan fingerprint density at radius 3 is 2.73 bits per heavy atom. The largest absolute Gasteiger partial charge is 0.349 e. The van der Waals surface area contributed by atoms with Gasteiger partial charge in [0, 0.05) is 16.8 Å². The van der Waals surface area contributed by atoms with Crippen LogP contribution in [0.25, 0.3) is 22.6 Å². The molecule has 0 saturated carbocycles. The smallest absolute Gasteiger partial charge is 0.157 e. The van der Waals surface area contributed by atoms with E-state index in [1.165, 1.54) is 5.56 Å². The van der Waals surface area contributed by atoms with E-state index in [9.17, 15) is 0 Å². The van der Waals surface area contributed by atoms with Gasteiger partial charge in [0.25, 0.3) is 0 Å². The Bertz CT molecular complexity index is 924. The van der Waals surface area contributed by atoms with Crippen LogP contribution in [0.2, 0.25) is 0 Å². The Morgan fingerprint density at radius 1 is 1.14 bits per heavy atom. The average Bonchev–Trinajstić information content (AvgIpc) is 2.97. The van der Waals surface area contributed by atoms with Crippen molar-refractivity contribution in [2.45, 2.75) is 26.2 Å². The number of anilines is 1. The predicted molar refractivity (Wildman–Crippen MR) is 93.3 cm³/mol. The molecule has 0 atom stereocenters. The third-order valence-corrected chi connectivity index (χ3v) is 4.85. The van der Waals surface area contributed by atoms with Gasteiger partial charge in [0.15, 0.2) is 5.82 Å². The van der Waals surface area contributed by atoms with Crippen LogP contribution < -0.4 is 5.32 Å². The number of hydrogen-bond donors (Lipinski definition) is 2. The lowest BCUT2D eigenvalue weighted by molar-refractivity contribution is 0.748. The fraction of sp³-hybridized carbons (Fsp3) is 0.235. The molecule has 0 aliphatic carbocycles. The van der Waals surface area contributed by atoms with Gasteiger partial charge in [0.2, 0.25) is 0 Å². The minimum Gasteiger partial charge on any atom is -0.349 e. The fourth-order valence-corrected chi connectivity index (χ4v) is 3.09. The highest BCUT2D eigenvalue weighted by Gasteiger charge is 2.35. The molecule has 0 bridgehead atoms. The van der Waals surface area contributed by atoms with Crippen LogP contribution in [0.1, 0.15) is 25.1 Å². The number of imidazole rings is 1. The first-order chi connectivity index (χ1) is 10.4. The summed E-state index contributed by atoms with van der Waals surface area (Å²) in [5, 5.41) is 3.30. The van der Waals surface area contributed by atoms with Crippen molar-refractivity contribution >= 4 is 33.9 Å². The van der Waals surface area contributed by atoms with E-state index in [2.05, 4.69) is 46.2 Å². The highest BCUT2D eigenvalue weighted by Crippen LogP contribution is 2.40. The van der Waals surface area contributed by atoms with Gasteiger partial charge < -0.3 is 10.3 Å². The quantitative estimate of drug-likeness (QED) is 0.668. The summed E-state index contributed by atoms with van der Waals surface area (Å²) in [5.74, 6) is 0.794. The van der Waals surface area contributed by atoms with E-state index in [0.29, 0.717) is 0 Å². The molecule has 5 heteroatoms. The Kier molecular flexibility index (Phi) is 2.66. The van der Waals surface area contributed by atoms with Crippen molar-refractivity contribution in [2.75, 3.05) is 5.32 Å². The molecule has 2 aromatic heterocycles. The van der Waals surface area contributed by atoms with Crippen LogP contribution in [-0.4, -0.2) is 19.9 Å². The Balaban J connectivity index is 1.89. The molecule has 0 fully saturated rings. The molecule has 3 heterocycles. The van der Waals surface area contributed by atoms with E-state index in [-0.39, 0.29) is 5.41 Å². The number of rotatable bonds is 1. The number of pyridine rings is 1. The minimum absolute atomic E-state index is 0.147. The van der Waals surface area contributed by atoms with Crippen LogP contribution in [0.4, 0.5) is 5.69 Å². The molecule has 22 heavy (non-hydrogen) atoms. The Hall–Kier alpha value is -2.27. The summed E-state index contributed by atoms with van der Waals surface area (Å²) in [7, 11) is 0. The lowest BCUT2D eigenvalue weighted by Gasteiger charge is -2.17. The number of fused-ring (bicyclic) bond motifs is 2. The van der Waals surface area contributed by atoms with Gasteiger partial charge in [-0.05, 0) is 50.6 Å². The second-order valence-electron chi connectivity index (χ2n) is 6.24. The van der Waals surface area contributed by atoms with E-state index in [0.717, 1.165) is 38.9 Å². The molecule has 3 aromatic rings. The maximum Gasteiger partial charge on any atom is 0.157 e. The first-order valence-electron chi connectivity index (χ1n) is 7.25. The number of aromatic nitrogens is 3. The van der Waals surface area contributed by atoms with Crippen molar-refractivity contribution in [3.05, 3.63) is 41.6 Å². The second-order valence-corrected chi connectivity index (χ2v) is 6.65. The van der Waals surface area contributed by atoms with E-state index in [1.807, 2.05) is 25.1 Å². The van der Waals surface area contributed by atoms with Crippen LogP contribution in [-0.2, 0) is 5.41 Å². The summed E-state index contributed by atoms with van der Waals surface area (Å²) in [5.41, 5.74) is 5.88. The molecule has 1 aliphatic heterocycles. The third kappa shape index (κ3) is 1.85. The number of hydrogen-bond acceptors (Lipinski definition) is 3. The lowest BCUT2D eigenvalue weighted by atomic mass is 9.86. The highest BCUT2D eigenvalue weighted by atomic mass is 32.1. The second kappa shape index (κ2) is 4.36. The molecule has 0 unspecified atom stereocenters. The summed E-state index contributed by atoms with van der Waals surface area (Å²) < 4.78 is 0. The van der Waals surface area contributed by atoms with Gasteiger partial charge in [0.05, 0.1) is 16.0 Å². The minimum atomic E-state index is -0.147. The van der Waals surface area contributed by atoms with Crippen molar-refractivity contribution in [3.63, 3.8) is 0 Å². The van der Waals surface area contributed by atoms with E-state index < -0.39 is 0 Å². The molecule has 4 rings (SSSR count). The molecule has 110 valence electrons. The van der Waals surface area contributed by atoms with Crippen molar-refractivity contribution in [2.24, 2.45) is 0 Å². The number of aromatic amines is 1. The van der Waals surface area contributed by atoms with Crippen molar-refractivity contribution in [1.82, 2.24) is 15.0 Å². The third-order valence-electron chi connectivity index (χ3n) is 4.24. The number of nitrogens with zero attached hydrogens (tertiary/aromatic N) is 2. The van der Waals surface area contributed by atoms with Gasteiger partial charge in [-0.1, -0.05) is 18.3 Å². The zero-order valence-corrected chi connectivity index (χ0v) is 13.5. The molecule has 0 amide bonds. The van der Waals surface area contributed by atoms with Crippen LogP contribution in [0.15, 0.2) is 30.3 Å². The standard InChI is InChI=1S/C17H16N4S/c1-9-5-4-6-11(18-9)15-19-13-7-10-12(8-14(13)20-15)21-16(22)17(10,2)3/h4-8H,1-3H3,(H,19,20)(H,21,22). The topological polar surface area (TPSA) is 53.6 Å². The van der Waals surface area contributed by atoms with Crippen LogP contribution in [0, 0.1) is 6.92 Å². The Morgan fingerprint density at radius 2 is 1.95 bits per heavy atom.